The number of carbonyl (C=O) groups is 4. The summed E-state index contributed by atoms with van der Waals surface area (Å²) in [6, 6.07) is 12.7. The number of fused-ring (bicyclic) bond motifs is 1. The van der Waals surface area contributed by atoms with E-state index in [9.17, 15) is 24.4 Å². The van der Waals surface area contributed by atoms with Crippen LogP contribution in [0.25, 0.3) is 0 Å². The van der Waals surface area contributed by atoms with Crippen LogP contribution in [0, 0.1) is 11.3 Å². The Morgan fingerprint density at radius 3 is 2.44 bits per heavy atom. The van der Waals surface area contributed by atoms with E-state index in [0.717, 1.165) is 24.2 Å². The van der Waals surface area contributed by atoms with Gasteiger partial charge in [0, 0.05) is 0 Å². The van der Waals surface area contributed by atoms with E-state index in [2.05, 4.69) is 11.4 Å². The van der Waals surface area contributed by atoms with Crippen molar-refractivity contribution in [3.8, 4) is 6.07 Å². The van der Waals surface area contributed by atoms with Gasteiger partial charge in [-0.25, -0.2) is 9.69 Å². The number of ether oxygens (including phenoxy) is 1. The number of para-hydroxylation sites is 1. The van der Waals surface area contributed by atoms with Crippen molar-refractivity contribution < 1.29 is 23.9 Å². The summed E-state index contributed by atoms with van der Waals surface area (Å²) in [4.78, 5) is 52.0. The number of anilines is 1. The molecule has 1 unspecified atom stereocenters. The minimum absolute atomic E-state index is 0.0215. The topological polar surface area (TPSA) is 117 Å². The van der Waals surface area contributed by atoms with E-state index < -0.39 is 35.3 Å². The number of nitrogens with zero attached hydrogens (tertiary/aromatic N) is 2. The van der Waals surface area contributed by atoms with E-state index in [1.165, 1.54) is 25.1 Å². The van der Waals surface area contributed by atoms with Crippen LogP contribution in [-0.4, -0.2) is 35.3 Å². The van der Waals surface area contributed by atoms with Crippen LogP contribution in [0.3, 0.4) is 0 Å². The molecule has 9 heteroatoms. The third-order valence-corrected chi connectivity index (χ3v) is 6.47. The third-order valence-electron chi connectivity index (χ3n) is 6.15. The first-order chi connectivity index (χ1) is 16.3. The number of imide groups is 1. The van der Waals surface area contributed by atoms with Gasteiger partial charge in [0.05, 0.1) is 33.5 Å². The normalized spacial score (nSPS) is 17.5. The molecule has 1 atom stereocenters. The Bertz CT molecular complexity index is 1230. The first kappa shape index (κ1) is 23.5. The van der Waals surface area contributed by atoms with Gasteiger partial charge < -0.3 is 10.1 Å². The second kappa shape index (κ2) is 9.27. The summed E-state index contributed by atoms with van der Waals surface area (Å²) in [5, 5.41) is 12.5. The predicted octanol–water partition coefficient (Wildman–Crippen LogP) is 4.03. The SMILES string of the molecule is CC(OC(=O)c1ccc2c(c1)C(=O)N(c1ccccc1Cl)C2=O)C(=O)NC1(C#N)CCCCC1. The van der Waals surface area contributed by atoms with E-state index in [-0.39, 0.29) is 27.4 Å². The zero-order valence-corrected chi connectivity index (χ0v) is 19.2. The summed E-state index contributed by atoms with van der Waals surface area (Å²) in [7, 11) is 0. The summed E-state index contributed by atoms with van der Waals surface area (Å²) < 4.78 is 5.29. The zero-order valence-electron chi connectivity index (χ0n) is 18.5. The van der Waals surface area contributed by atoms with Crippen molar-refractivity contribution in [1.82, 2.24) is 5.32 Å². The fraction of sp³-hybridized carbons (Fsp3) is 0.320. The maximum Gasteiger partial charge on any atom is 0.338 e. The van der Waals surface area contributed by atoms with E-state index in [1.807, 2.05) is 0 Å². The Hall–Kier alpha value is -3.70. The van der Waals surface area contributed by atoms with Gasteiger partial charge in [-0.2, -0.15) is 5.26 Å². The highest BCUT2D eigenvalue weighted by atomic mass is 35.5. The van der Waals surface area contributed by atoms with Gasteiger partial charge in [-0.05, 0) is 50.1 Å². The molecule has 1 aliphatic carbocycles. The highest BCUT2D eigenvalue weighted by Crippen LogP contribution is 2.33. The maximum atomic E-state index is 13.0. The van der Waals surface area contributed by atoms with Crippen molar-refractivity contribution in [3.63, 3.8) is 0 Å². The quantitative estimate of drug-likeness (QED) is 0.511. The molecule has 2 aliphatic rings. The predicted molar refractivity (Wildman–Crippen MR) is 123 cm³/mol. The number of hydrogen-bond acceptors (Lipinski definition) is 6. The lowest BCUT2D eigenvalue weighted by molar-refractivity contribution is -0.130. The first-order valence-electron chi connectivity index (χ1n) is 11.0. The van der Waals surface area contributed by atoms with E-state index >= 15 is 0 Å². The molecule has 0 saturated heterocycles. The van der Waals surface area contributed by atoms with Gasteiger partial charge in [0.2, 0.25) is 0 Å². The molecule has 0 spiro atoms. The Morgan fingerprint density at radius 2 is 1.76 bits per heavy atom. The molecule has 34 heavy (non-hydrogen) atoms. The number of hydrogen-bond donors (Lipinski definition) is 1. The number of benzene rings is 2. The molecule has 8 nitrogen and oxygen atoms in total. The zero-order chi connectivity index (χ0) is 24.5. The van der Waals surface area contributed by atoms with Crippen molar-refractivity contribution in [1.29, 1.82) is 5.26 Å². The van der Waals surface area contributed by atoms with E-state index in [1.54, 1.807) is 24.3 Å². The second-order valence-corrected chi connectivity index (χ2v) is 8.86. The molecule has 1 saturated carbocycles. The van der Waals surface area contributed by atoms with Crippen LogP contribution < -0.4 is 10.2 Å². The maximum absolute atomic E-state index is 13.0. The lowest BCUT2D eigenvalue weighted by Crippen LogP contribution is -2.52. The number of nitriles is 1. The van der Waals surface area contributed by atoms with Gasteiger partial charge in [0.1, 0.15) is 5.54 Å². The smallest absolute Gasteiger partial charge is 0.338 e. The molecule has 1 aliphatic heterocycles. The number of amides is 3. The molecule has 0 radical (unpaired) electrons. The number of rotatable bonds is 5. The van der Waals surface area contributed by atoms with Gasteiger partial charge in [-0.3, -0.25) is 14.4 Å². The first-order valence-corrected chi connectivity index (χ1v) is 11.4. The van der Waals surface area contributed by atoms with Crippen LogP contribution in [-0.2, 0) is 9.53 Å². The Balaban J connectivity index is 1.48. The fourth-order valence-electron chi connectivity index (χ4n) is 4.26. The summed E-state index contributed by atoms with van der Waals surface area (Å²) in [5.74, 6) is -2.54. The van der Waals surface area contributed by atoms with Crippen LogP contribution >= 0.6 is 11.6 Å². The summed E-state index contributed by atoms with van der Waals surface area (Å²) >= 11 is 6.16. The molecular weight excluding hydrogens is 458 g/mol. The van der Waals surface area contributed by atoms with Crippen molar-refractivity contribution in [3.05, 3.63) is 64.2 Å². The third kappa shape index (κ3) is 4.27. The molecule has 1 fully saturated rings. The molecule has 0 aromatic heterocycles. The second-order valence-electron chi connectivity index (χ2n) is 8.45. The van der Waals surface area contributed by atoms with Crippen molar-refractivity contribution in [2.75, 3.05) is 4.90 Å². The minimum atomic E-state index is -1.15. The molecule has 0 bridgehead atoms. The number of carbonyl (C=O) groups excluding carboxylic acids is 4. The largest absolute Gasteiger partial charge is 0.449 e. The molecule has 2 aromatic carbocycles. The Morgan fingerprint density at radius 1 is 1.09 bits per heavy atom. The van der Waals surface area contributed by atoms with Crippen LogP contribution in [0.5, 0.6) is 0 Å². The van der Waals surface area contributed by atoms with Gasteiger partial charge in [0.25, 0.3) is 17.7 Å². The summed E-state index contributed by atoms with van der Waals surface area (Å²) in [6.07, 6.45) is 2.66. The molecule has 1 N–H and O–H groups in total. The monoisotopic (exact) mass is 479 g/mol. The summed E-state index contributed by atoms with van der Waals surface area (Å²) in [5.41, 5.74) is -0.492. The van der Waals surface area contributed by atoms with Crippen molar-refractivity contribution >= 4 is 41.0 Å². The average Bonchev–Trinajstić information content (AvgIpc) is 3.09. The van der Waals surface area contributed by atoms with Gasteiger partial charge >= 0.3 is 5.97 Å². The van der Waals surface area contributed by atoms with E-state index in [0.29, 0.717) is 12.8 Å². The standard InChI is InChI=1S/C25H22ClN3O5/c1-15(21(30)28-25(14-27)11-5-2-6-12-25)34-24(33)16-9-10-17-18(13-16)23(32)29(22(17)31)20-8-4-3-7-19(20)26/h3-4,7-10,13,15H,2,5-6,11-12H2,1H3,(H,28,30). The fourth-order valence-corrected chi connectivity index (χ4v) is 4.48. The van der Waals surface area contributed by atoms with Crippen LogP contribution in [0.15, 0.2) is 42.5 Å². The molecule has 1 heterocycles. The average molecular weight is 480 g/mol. The highest BCUT2D eigenvalue weighted by Gasteiger charge is 2.39. The molecule has 3 amide bonds. The Labute approximate surface area is 201 Å². The molecule has 2 aromatic rings. The number of esters is 1. The Kier molecular flexibility index (Phi) is 6.40. The van der Waals surface area contributed by atoms with Crippen LogP contribution in [0.2, 0.25) is 5.02 Å². The van der Waals surface area contributed by atoms with Crippen LogP contribution in [0.4, 0.5) is 5.69 Å². The molecule has 4 rings (SSSR count). The van der Waals surface area contributed by atoms with Gasteiger partial charge in [0.15, 0.2) is 6.10 Å². The lowest BCUT2D eigenvalue weighted by atomic mass is 9.83. The van der Waals surface area contributed by atoms with E-state index in [4.69, 9.17) is 16.3 Å². The highest BCUT2D eigenvalue weighted by molar-refractivity contribution is 6.39. The van der Waals surface area contributed by atoms with Gasteiger partial charge in [-0.1, -0.05) is 43.0 Å². The summed E-state index contributed by atoms with van der Waals surface area (Å²) in [6.45, 7) is 1.42. The number of halogens is 1. The van der Waals surface area contributed by atoms with Crippen molar-refractivity contribution in [2.24, 2.45) is 0 Å². The van der Waals surface area contributed by atoms with Crippen molar-refractivity contribution in [2.45, 2.75) is 50.7 Å². The van der Waals surface area contributed by atoms with Crippen LogP contribution in [0.1, 0.15) is 70.1 Å². The minimum Gasteiger partial charge on any atom is -0.449 e. The molecule has 174 valence electrons. The lowest BCUT2D eigenvalue weighted by Gasteiger charge is -2.32. The number of nitrogens with one attached hydrogen (secondary N) is 1. The molecular formula is C25H22ClN3O5. The van der Waals surface area contributed by atoms with Gasteiger partial charge in [-0.15, -0.1) is 0 Å².